The summed E-state index contributed by atoms with van der Waals surface area (Å²) in [5.41, 5.74) is 1.70. The number of carboxylic acid groups (broad SMARTS) is 1. The first-order valence-electron chi connectivity index (χ1n) is 9.02. The maximum Gasteiger partial charge on any atom is 0.317 e. The molecule has 0 fully saturated rings. The molecule has 0 spiro atoms. The Bertz CT molecular complexity index is 1180. The molecule has 29 heavy (non-hydrogen) atoms. The van der Waals surface area contributed by atoms with Crippen LogP contribution in [-0.4, -0.2) is 26.9 Å². The van der Waals surface area contributed by atoms with Crippen molar-refractivity contribution >= 4 is 35.0 Å². The molecule has 8 heteroatoms. The summed E-state index contributed by atoms with van der Waals surface area (Å²) in [6.07, 6.45) is 0. The summed E-state index contributed by atoms with van der Waals surface area (Å²) >= 11 is 2.16. The molecule has 146 valence electrons. The highest BCUT2D eigenvalue weighted by atomic mass is 32.2. The number of carboxylic acids is 1. The molecule has 6 nitrogen and oxygen atoms in total. The number of rotatable bonds is 3. The van der Waals surface area contributed by atoms with Gasteiger partial charge in [0.25, 0.3) is 0 Å². The molecule has 1 aromatic heterocycles. The van der Waals surface area contributed by atoms with Gasteiger partial charge in [0, 0.05) is 16.4 Å². The number of hydrogen-bond acceptors (Lipinski definition) is 6. The number of esters is 1. The van der Waals surface area contributed by atoms with Crippen LogP contribution >= 0.6 is 23.1 Å². The zero-order chi connectivity index (χ0) is 20.1. The highest BCUT2D eigenvalue weighted by molar-refractivity contribution is 8.00. The second kappa shape index (κ2) is 6.89. The van der Waals surface area contributed by atoms with E-state index in [2.05, 4.69) is 0 Å². The van der Waals surface area contributed by atoms with Gasteiger partial charge in [-0.15, -0.1) is 0 Å². The van der Waals surface area contributed by atoms with Gasteiger partial charge in [0.2, 0.25) is 0 Å². The third-order valence-corrected chi connectivity index (χ3v) is 7.85. The standard InChI is InChI=1S/C21H15NO5S2/c23-19(24)17-15-14(12-8-4-5-9-13(12)27-20(15)25)16-18(28-17)22(21(26)29-16)10-11-6-2-1-3-7-11/h1-9,14-15,17H,10H2,(H,23,24)/t14-,15+,17-/m0/s1. The minimum absolute atomic E-state index is 0.160. The lowest BCUT2D eigenvalue weighted by molar-refractivity contribution is -0.147. The summed E-state index contributed by atoms with van der Waals surface area (Å²) in [7, 11) is 0. The van der Waals surface area contributed by atoms with E-state index in [1.54, 1.807) is 16.7 Å². The van der Waals surface area contributed by atoms with Crippen molar-refractivity contribution in [3.05, 3.63) is 80.3 Å². The van der Waals surface area contributed by atoms with Crippen molar-refractivity contribution in [3.8, 4) is 5.75 Å². The van der Waals surface area contributed by atoms with Crippen LogP contribution in [0.1, 0.15) is 21.9 Å². The van der Waals surface area contributed by atoms with Gasteiger partial charge in [-0.3, -0.25) is 19.0 Å². The molecule has 0 saturated heterocycles. The van der Waals surface area contributed by atoms with E-state index in [0.29, 0.717) is 17.3 Å². The molecule has 3 aromatic rings. The molecule has 5 rings (SSSR count). The largest absolute Gasteiger partial charge is 0.480 e. The number of para-hydroxylation sites is 1. The molecule has 0 bridgehead atoms. The number of nitrogens with zero attached hydrogens (tertiary/aromatic N) is 1. The normalized spacial score (nSPS) is 22.2. The molecular weight excluding hydrogens is 410 g/mol. The van der Waals surface area contributed by atoms with Gasteiger partial charge in [-0.2, -0.15) is 0 Å². The van der Waals surface area contributed by atoms with Crippen molar-refractivity contribution in [2.24, 2.45) is 5.92 Å². The first-order chi connectivity index (χ1) is 14.0. The number of ether oxygens (including phenoxy) is 1. The molecule has 0 unspecified atom stereocenters. The third kappa shape index (κ3) is 2.90. The van der Waals surface area contributed by atoms with Crippen LogP contribution in [0.5, 0.6) is 5.75 Å². The number of thiazole rings is 1. The van der Waals surface area contributed by atoms with Crippen molar-refractivity contribution in [2.45, 2.75) is 22.7 Å². The average molecular weight is 425 g/mol. The summed E-state index contributed by atoms with van der Waals surface area (Å²) in [6.45, 7) is 0.355. The molecule has 0 radical (unpaired) electrons. The Kier molecular flexibility index (Phi) is 4.33. The fourth-order valence-electron chi connectivity index (χ4n) is 3.97. The predicted molar refractivity (Wildman–Crippen MR) is 109 cm³/mol. The topological polar surface area (TPSA) is 85.6 Å². The maximum atomic E-state index is 12.9. The van der Waals surface area contributed by atoms with Gasteiger partial charge in [0.1, 0.15) is 11.0 Å². The molecule has 3 atom stereocenters. The van der Waals surface area contributed by atoms with Gasteiger partial charge in [-0.25, -0.2) is 0 Å². The van der Waals surface area contributed by atoms with Crippen molar-refractivity contribution in [2.75, 3.05) is 0 Å². The van der Waals surface area contributed by atoms with E-state index in [0.717, 1.165) is 39.1 Å². The molecule has 2 aliphatic heterocycles. The van der Waals surface area contributed by atoms with Gasteiger partial charge in [0.15, 0.2) is 0 Å². The Morgan fingerprint density at radius 2 is 1.79 bits per heavy atom. The number of hydrogen-bond donors (Lipinski definition) is 1. The highest BCUT2D eigenvalue weighted by Crippen LogP contribution is 2.54. The molecule has 2 aliphatic rings. The van der Waals surface area contributed by atoms with Crippen LogP contribution in [0, 0.1) is 5.92 Å². The monoisotopic (exact) mass is 425 g/mol. The molecule has 1 N–H and O–H groups in total. The zero-order valence-electron chi connectivity index (χ0n) is 15.0. The van der Waals surface area contributed by atoms with Gasteiger partial charge in [0.05, 0.1) is 17.5 Å². The van der Waals surface area contributed by atoms with Crippen LogP contribution in [0.4, 0.5) is 0 Å². The van der Waals surface area contributed by atoms with E-state index in [1.807, 2.05) is 42.5 Å². The Morgan fingerprint density at radius 3 is 2.55 bits per heavy atom. The number of aromatic nitrogens is 1. The predicted octanol–water partition coefficient (Wildman–Crippen LogP) is 3.18. The number of aliphatic carboxylic acids is 1. The Hall–Kier alpha value is -2.84. The van der Waals surface area contributed by atoms with E-state index in [4.69, 9.17) is 4.74 Å². The molecule has 2 aromatic carbocycles. The SMILES string of the molecule is O=C1Oc2ccccc2[C@@H]2c3sc(=O)n(Cc4ccccc4)c3S[C@H](C(=O)O)[C@H]12. The number of carbonyl (C=O) groups is 2. The Balaban J connectivity index is 1.70. The van der Waals surface area contributed by atoms with Gasteiger partial charge in [-0.1, -0.05) is 71.6 Å². The number of thioether (sulfide) groups is 1. The summed E-state index contributed by atoms with van der Waals surface area (Å²) in [4.78, 5) is 38.2. The lowest BCUT2D eigenvalue weighted by Crippen LogP contribution is -2.44. The van der Waals surface area contributed by atoms with Crippen LogP contribution in [-0.2, 0) is 16.1 Å². The van der Waals surface area contributed by atoms with Crippen molar-refractivity contribution < 1.29 is 19.4 Å². The number of fused-ring (bicyclic) bond motifs is 5. The van der Waals surface area contributed by atoms with Crippen molar-refractivity contribution in [1.82, 2.24) is 4.57 Å². The van der Waals surface area contributed by atoms with E-state index in [9.17, 15) is 19.5 Å². The van der Waals surface area contributed by atoms with Crippen molar-refractivity contribution in [1.29, 1.82) is 0 Å². The third-order valence-electron chi connectivity index (χ3n) is 5.24. The summed E-state index contributed by atoms with van der Waals surface area (Å²) in [6, 6.07) is 16.7. The van der Waals surface area contributed by atoms with Crippen LogP contribution in [0.2, 0.25) is 0 Å². The molecule has 0 aliphatic carbocycles. The summed E-state index contributed by atoms with van der Waals surface area (Å²) in [5.74, 6) is -2.59. The van der Waals surface area contributed by atoms with E-state index in [1.165, 1.54) is 0 Å². The fraction of sp³-hybridized carbons (Fsp3) is 0.190. The minimum atomic E-state index is -1.09. The zero-order valence-corrected chi connectivity index (χ0v) is 16.6. The summed E-state index contributed by atoms with van der Waals surface area (Å²) in [5, 5.41) is 9.45. The molecule has 0 saturated carbocycles. The van der Waals surface area contributed by atoms with E-state index >= 15 is 0 Å². The summed E-state index contributed by atoms with van der Waals surface area (Å²) < 4.78 is 7.05. The van der Waals surface area contributed by atoms with E-state index in [-0.39, 0.29) is 4.87 Å². The average Bonchev–Trinajstić information content (AvgIpc) is 3.03. The number of benzene rings is 2. The number of carbonyl (C=O) groups excluding carboxylic acids is 1. The lowest BCUT2D eigenvalue weighted by Gasteiger charge is -2.37. The minimum Gasteiger partial charge on any atom is -0.480 e. The van der Waals surface area contributed by atoms with Crippen LogP contribution in [0.15, 0.2) is 64.4 Å². The quantitative estimate of drug-likeness (QED) is 0.512. The smallest absolute Gasteiger partial charge is 0.317 e. The Morgan fingerprint density at radius 1 is 1.07 bits per heavy atom. The highest BCUT2D eigenvalue weighted by Gasteiger charge is 2.52. The second-order valence-electron chi connectivity index (χ2n) is 6.95. The van der Waals surface area contributed by atoms with Crippen LogP contribution in [0.25, 0.3) is 0 Å². The van der Waals surface area contributed by atoms with Crippen LogP contribution < -0.4 is 9.61 Å². The molecule has 3 heterocycles. The van der Waals surface area contributed by atoms with E-state index < -0.39 is 29.0 Å². The first-order valence-corrected chi connectivity index (χ1v) is 10.7. The van der Waals surface area contributed by atoms with Crippen molar-refractivity contribution in [3.63, 3.8) is 0 Å². The fourth-order valence-corrected chi connectivity index (χ4v) is 6.62. The first kappa shape index (κ1) is 18.2. The van der Waals surface area contributed by atoms with Gasteiger partial charge in [-0.05, 0) is 11.6 Å². The molecule has 0 amide bonds. The van der Waals surface area contributed by atoms with Crippen LogP contribution in [0.3, 0.4) is 0 Å². The Labute approximate surface area is 173 Å². The maximum absolute atomic E-state index is 12.9. The second-order valence-corrected chi connectivity index (χ2v) is 9.07. The molecular formula is C21H15NO5S2. The van der Waals surface area contributed by atoms with Gasteiger partial charge < -0.3 is 9.84 Å². The van der Waals surface area contributed by atoms with Gasteiger partial charge >= 0.3 is 16.8 Å². The lowest BCUT2D eigenvalue weighted by atomic mass is 9.80.